The Labute approximate surface area is 138 Å². The number of aryl methyl sites for hydroxylation is 1. The van der Waals surface area contributed by atoms with Crippen molar-refractivity contribution in [2.75, 3.05) is 7.11 Å². The predicted octanol–water partition coefficient (Wildman–Crippen LogP) is 4.60. The Bertz CT molecular complexity index is 1000. The number of fused-ring (bicyclic) bond motifs is 1. The SMILES string of the molecule is COCc1cccc(-c2coc3ccc(-c4nnc(C)o4)cc23)c1. The van der Waals surface area contributed by atoms with Gasteiger partial charge in [-0.2, -0.15) is 0 Å². The number of furan rings is 1. The van der Waals surface area contributed by atoms with Gasteiger partial charge < -0.3 is 13.6 Å². The van der Waals surface area contributed by atoms with E-state index < -0.39 is 0 Å². The van der Waals surface area contributed by atoms with Gasteiger partial charge in [-0.15, -0.1) is 10.2 Å². The summed E-state index contributed by atoms with van der Waals surface area (Å²) < 4.78 is 16.4. The van der Waals surface area contributed by atoms with Gasteiger partial charge in [0.1, 0.15) is 5.58 Å². The molecule has 0 aliphatic heterocycles. The Morgan fingerprint density at radius 1 is 1.04 bits per heavy atom. The predicted molar refractivity (Wildman–Crippen MR) is 90.4 cm³/mol. The van der Waals surface area contributed by atoms with Crippen molar-refractivity contribution in [2.24, 2.45) is 0 Å². The third-order valence-corrected chi connectivity index (χ3v) is 3.90. The molecule has 2 aromatic heterocycles. The van der Waals surface area contributed by atoms with Gasteiger partial charge in [-0.25, -0.2) is 0 Å². The molecule has 5 nitrogen and oxygen atoms in total. The molecule has 0 atom stereocenters. The van der Waals surface area contributed by atoms with Crippen molar-refractivity contribution in [1.29, 1.82) is 0 Å². The van der Waals surface area contributed by atoms with Crippen LogP contribution in [0.3, 0.4) is 0 Å². The summed E-state index contributed by atoms with van der Waals surface area (Å²) in [5.41, 5.74) is 4.93. The van der Waals surface area contributed by atoms with Crippen molar-refractivity contribution in [1.82, 2.24) is 10.2 Å². The van der Waals surface area contributed by atoms with Crippen molar-refractivity contribution in [3.63, 3.8) is 0 Å². The maximum absolute atomic E-state index is 5.70. The van der Waals surface area contributed by atoms with E-state index in [0.29, 0.717) is 18.4 Å². The van der Waals surface area contributed by atoms with Crippen molar-refractivity contribution in [2.45, 2.75) is 13.5 Å². The first-order valence-electron chi connectivity index (χ1n) is 7.64. The van der Waals surface area contributed by atoms with Crippen LogP contribution in [0, 0.1) is 6.92 Å². The second-order valence-corrected chi connectivity index (χ2v) is 5.62. The van der Waals surface area contributed by atoms with E-state index in [1.807, 2.05) is 30.3 Å². The molecule has 0 saturated heterocycles. The van der Waals surface area contributed by atoms with Gasteiger partial charge in [-0.3, -0.25) is 0 Å². The van der Waals surface area contributed by atoms with E-state index in [2.05, 4.69) is 22.3 Å². The van der Waals surface area contributed by atoms with E-state index in [-0.39, 0.29) is 0 Å². The van der Waals surface area contributed by atoms with Crippen LogP contribution in [-0.4, -0.2) is 17.3 Å². The Hall–Kier alpha value is -2.92. The van der Waals surface area contributed by atoms with Crippen molar-refractivity contribution >= 4 is 11.0 Å². The summed E-state index contributed by atoms with van der Waals surface area (Å²) >= 11 is 0. The van der Waals surface area contributed by atoms with E-state index in [9.17, 15) is 0 Å². The smallest absolute Gasteiger partial charge is 0.247 e. The quantitative estimate of drug-likeness (QED) is 0.550. The minimum absolute atomic E-state index is 0.509. The van der Waals surface area contributed by atoms with Crippen LogP contribution in [0.1, 0.15) is 11.5 Å². The van der Waals surface area contributed by atoms with E-state index >= 15 is 0 Å². The molecule has 0 aliphatic rings. The summed E-state index contributed by atoms with van der Waals surface area (Å²) in [6.45, 7) is 2.36. The molecule has 120 valence electrons. The zero-order chi connectivity index (χ0) is 16.5. The van der Waals surface area contributed by atoms with E-state index in [1.54, 1.807) is 20.3 Å². The van der Waals surface area contributed by atoms with Gasteiger partial charge in [0.15, 0.2) is 0 Å². The third-order valence-electron chi connectivity index (χ3n) is 3.90. The maximum Gasteiger partial charge on any atom is 0.247 e. The first-order chi connectivity index (χ1) is 11.7. The largest absolute Gasteiger partial charge is 0.464 e. The van der Waals surface area contributed by atoms with Crippen LogP contribution in [0.2, 0.25) is 0 Å². The number of hydrogen-bond donors (Lipinski definition) is 0. The van der Waals surface area contributed by atoms with Gasteiger partial charge in [0.25, 0.3) is 0 Å². The molecule has 0 saturated carbocycles. The second kappa shape index (κ2) is 5.94. The van der Waals surface area contributed by atoms with Gasteiger partial charge >= 0.3 is 0 Å². The highest BCUT2D eigenvalue weighted by atomic mass is 16.5. The summed E-state index contributed by atoms with van der Waals surface area (Å²) in [6.07, 6.45) is 1.78. The molecule has 5 heteroatoms. The molecule has 0 spiro atoms. The molecule has 2 aromatic carbocycles. The topological polar surface area (TPSA) is 61.3 Å². The molecule has 0 amide bonds. The first kappa shape index (κ1) is 14.7. The number of hydrogen-bond acceptors (Lipinski definition) is 5. The molecule has 0 unspecified atom stereocenters. The van der Waals surface area contributed by atoms with E-state index in [1.165, 1.54) is 0 Å². The Kier molecular flexibility index (Phi) is 3.63. The van der Waals surface area contributed by atoms with Gasteiger partial charge in [0.2, 0.25) is 11.8 Å². The highest BCUT2D eigenvalue weighted by Gasteiger charge is 2.12. The fourth-order valence-corrected chi connectivity index (χ4v) is 2.79. The van der Waals surface area contributed by atoms with Crippen molar-refractivity contribution < 1.29 is 13.6 Å². The Morgan fingerprint density at radius 3 is 2.75 bits per heavy atom. The standard InChI is InChI=1S/C19H16N2O3/c1-12-20-21-19(24-12)15-6-7-18-16(9-15)17(11-23-18)14-5-3-4-13(8-14)10-22-2/h3-9,11H,10H2,1-2H3. The van der Waals surface area contributed by atoms with Crippen molar-refractivity contribution in [3.8, 4) is 22.6 Å². The average molecular weight is 320 g/mol. The fourth-order valence-electron chi connectivity index (χ4n) is 2.79. The Morgan fingerprint density at radius 2 is 1.96 bits per heavy atom. The summed E-state index contributed by atoms with van der Waals surface area (Å²) in [7, 11) is 1.69. The van der Waals surface area contributed by atoms with Crippen LogP contribution in [0.25, 0.3) is 33.6 Å². The first-order valence-corrected chi connectivity index (χ1v) is 7.64. The summed E-state index contributed by atoms with van der Waals surface area (Å²) in [5, 5.41) is 8.99. The molecule has 24 heavy (non-hydrogen) atoms. The summed E-state index contributed by atoms with van der Waals surface area (Å²) in [5.74, 6) is 1.06. The molecule has 0 radical (unpaired) electrons. The van der Waals surface area contributed by atoms with Gasteiger partial charge in [0.05, 0.1) is 12.9 Å². The normalized spacial score (nSPS) is 11.2. The third kappa shape index (κ3) is 2.59. The molecule has 2 heterocycles. The van der Waals surface area contributed by atoms with Gasteiger partial charge in [-0.1, -0.05) is 18.2 Å². The second-order valence-electron chi connectivity index (χ2n) is 5.62. The molecule has 4 rings (SSSR count). The lowest BCUT2D eigenvalue weighted by molar-refractivity contribution is 0.185. The lowest BCUT2D eigenvalue weighted by Gasteiger charge is -2.04. The zero-order valence-corrected chi connectivity index (χ0v) is 13.4. The summed E-state index contributed by atoms with van der Waals surface area (Å²) in [4.78, 5) is 0. The summed E-state index contributed by atoms with van der Waals surface area (Å²) in [6, 6.07) is 14.1. The highest BCUT2D eigenvalue weighted by Crippen LogP contribution is 2.33. The lowest BCUT2D eigenvalue weighted by Crippen LogP contribution is -1.87. The monoisotopic (exact) mass is 320 g/mol. The van der Waals surface area contributed by atoms with Crippen LogP contribution in [0.5, 0.6) is 0 Å². The van der Waals surface area contributed by atoms with Crippen molar-refractivity contribution in [3.05, 3.63) is 60.2 Å². The van der Waals surface area contributed by atoms with E-state index in [4.69, 9.17) is 13.6 Å². The maximum atomic E-state index is 5.70. The number of ether oxygens (including phenoxy) is 1. The molecule has 0 aliphatic carbocycles. The minimum Gasteiger partial charge on any atom is -0.464 e. The Balaban J connectivity index is 1.83. The number of rotatable bonds is 4. The molecular formula is C19H16N2O3. The minimum atomic E-state index is 0.509. The highest BCUT2D eigenvalue weighted by molar-refractivity contribution is 5.96. The fraction of sp³-hybridized carbons (Fsp3) is 0.158. The zero-order valence-electron chi connectivity index (χ0n) is 13.4. The molecule has 0 bridgehead atoms. The number of benzene rings is 2. The lowest BCUT2D eigenvalue weighted by atomic mass is 10.0. The van der Waals surface area contributed by atoms with Crippen LogP contribution < -0.4 is 0 Å². The molecule has 0 fully saturated rings. The average Bonchev–Trinajstić information content (AvgIpc) is 3.21. The number of nitrogens with zero attached hydrogens (tertiary/aromatic N) is 2. The van der Waals surface area contributed by atoms with Crippen LogP contribution in [-0.2, 0) is 11.3 Å². The van der Waals surface area contributed by atoms with Crippen LogP contribution >= 0.6 is 0 Å². The van der Waals surface area contributed by atoms with Crippen LogP contribution in [0.4, 0.5) is 0 Å². The van der Waals surface area contributed by atoms with Gasteiger partial charge in [0, 0.05) is 30.5 Å². The van der Waals surface area contributed by atoms with E-state index in [0.717, 1.165) is 33.2 Å². The van der Waals surface area contributed by atoms with Gasteiger partial charge in [-0.05, 0) is 35.4 Å². The number of methoxy groups -OCH3 is 1. The molecular weight excluding hydrogens is 304 g/mol. The number of aromatic nitrogens is 2. The molecule has 0 N–H and O–H groups in total. The molecule has 4 aromatic rings. The van der Waals surface area contributed by atoms with Crippen LogP contribution in [0.15, 0.2) is 57.6 Å².